The molecule has 1 unspecified atom stereocenters. The Kier molecular flexibility index (Phi) is 63.2. The summed E-state index contributed by atoms with van der Waals surface area (Å²) in [6.07, 6.45) is 87.9. The van der Waals surface area contributed by atoms with Gasteiger partial charge in [0.1, 0.15) is 13.2 Å². The molecule has 0 N–H and O–H groups in total. The SMILES string of the molecule is CC/C=C\C/C=C\C/C=C\C/C=C\CCC(=O)OCC(COC(=O)CCCCCCCCCCCCCCCCCCCCCCCCCCCCCCCCCC)OC(=O)CCCCCCC/C=C\C/C=C\C/C=C\CC. The fourth-order valence-corrected chi connectivity index (χ4v) is 9.71. The lowest BCUT2D eigenvalue weighted by molar-refractivity contribution is -0.166. The molecule has 0 aromatic rings. The van der Waals surface area contributed by atoms with Crippen LogP contribution in [0.1, 0.15) is 335 Å². The van der Waals surface area contributed by atoms with Crippen LogP contribution in [-0.4, -0.2) is 37.2 Å². The van der Waals surface area contributed by atoms with Gasteiger partial charge in [-0.3, -0.25) is 14.4 Å². The molecule has 1 atom stereocenters. The quantitative estimate of drug-likeness (QED) is 0.0261. The molecule has 0 bridgehead atoms. The molecule has 0 aliphatic carbocycles. The van der Waals surface area contributed by atoms with E-state index in [1.807, 2.05) is 6.08 Å². The molecular formula is C72H126O6. The molecule has 0 saturated heterocycles. The Bertz CT molecular complexity index is 1480. The van der Waals surface area contributed by atoms with E-state index < -0.39 is 6.10 Å². The molecule has 0 aliphatic rings. The zero-order valence-electron chi connectivity index (χ0n) is 51.7. The Hall–Kier alpha value is -3.41. The van der Waals surface area contributed by atoms with Gasteiger partial charge in [-0.2, -0.15) is 0 Å². The van der Waals surface area contributed by atoms with Gasteiger partial charge in [-0.1, -0.05) is 324 Å². The number of carbonyl (C=O) groups excluding carboxylic acids is 3. The first-order valence-corrected chi connectivity index (χ1v) is 33.6. The number of unbranched alkanes of at least 4 members (excludes halogenated alkanes) is 36. The van der Waals surface area contributed by atoms with Crippen molar-refractivity contribution in [1.82, 2.24) is 0 Å². The molecule has 0 aromatic carbocycles. The van der Waals surface area contributed by atoms with Crippen molar-refractivity contribution in [3.63, 3.8) is 0 Å². The number of hydrogen-bond acceptors (Lipinski definition) is 6. The monoisotopic (exact) mass is 1090 g/mol. The molecule has 0 radical (unpaired) electrons. The van der Waals surface area contributed by atoms with Crippen LogP contribution in [0.4, 0.5) is 0 Å². The summed E-state index contributed by atoms with van der Waals surface area (Å²) >= 11 is 0. The van der Waals surface area contributed by atoms with E-state index in [4.69, 9.17) is 14.2 Å². The van der Waals surface area contributed by atoms with Crippen molar-refractivity contribution in [3.8, 4) is 0 Å². The average Bonchev–Trinajstić information content (AvgIpc) is 3.44. The lowest BCUT2D eigenvalue weighted by Crippen LogP contribution is -2.30. The molecule has 0 aromatic heterocycles. The summed E-state index contributed by atoms with van der Waals surface area (Å²) in [5.41, 5.74) is 0. The van der Waals surface area contributed by atoms with Crippen LogP contribution in [0.15, 0.2) is 85.1 Å². The lowest BCUT2D eigenvalue weighted by atomic mass is 10.0. The first kappa shape index (κ1) is 74.6. The van der Waals surface area contributed by atoms with E-state index in [-0.39, 0.29) is 37.5 Å². The molecule has 6 heteroatoms. The normalized spacial score (nSPS) is 12.6. The summed E-state index contributed by atoms with van der Waals surface area (Å²) in [7, 11) is 0. The number of rotatable bonds is 61. The van der Waals surface area contributed by atoms with Gasteiger partial charge in [0, 0.05) is 19.3 Å². The van der Waals surface area contributed by atoms with Gasteiger partial charge >= 0.3 is 17.9 Å². The summed E-state index contributed by atoms with van der Waals surface area (Å²) in [4.78, 5) is 38.2. The van der Waals surface area contributed by atoms with Crippen molar-refractivity contribution >= 4 is 17.9 Å². The van der Waals surface area contributed by atoms with Gasteiger partial charge in [0.15, 0.2) is 6.10 Å². The van der Waals surface area contributed by atoms with Crippen LogP contribution in [-0.2, 0) is 28.6 Å². The molecule has 0 spiro atoms. The Morgan fingerprint density at radius 2 is 0.526 bits per heavy atom. The molecule has 78 heavy (non-hydrogen) atoms. The van der Waals surface area contributed by atoms with Crippen LogP contribution < -0.4 is 0 Å². The van der Waals surface area contributed by atoms with E-state index in [1.165, 1.54) is 186 Å². The maximum absolute atomic E-state index is 12.9. The van der Waals surface area contributed by atoms with E-state index >= 15 is 0 Å². The smallest absolute Gasteiger partial charge is 0.306 e. The first-order valence-electron chi connectivity index (χ1n) is 33.6. The number of carbonyl (C=O) groups is 3. The van der Waals surface area contributed by atoms with Crippen molar-refractivity contribution in [2.24, 2.45) is 0 Å². The molecule has 0 amide bonds. The molecule has 0 saturated carbocycles. The minimum atomic E-state index is -0.814. The second-order valence-corrected chi connectivity index (χ2v) is 22.3. The molecule has 0 heterocycles. The minimum Gasteiger partial charge on any atom is -0.462 e. The second kappa shape index (κ2) is 66.1. The van der Waals surface area contributed by atoms with Crippen LogP contribution in [0.5, 0.6) is 0 Å². The number of hydrogen-bond donors (Lipinski definition) is 0. The zero-order valence-corrected chi connectivity index (χ0v) is 51.7. The van der Waals surface area contributed by atoms with Crippen molar-refractivity contribution in [1.29, 1.82) is 0 Å². The number of allylic oxidation sites excluding steroid dienone is 14. The highest BCUT2D eigenvalue weighted by molar-refractivity contribution is 5.71. The Labute approximate surface area is 484 Å². The van der Waals surface area contributed by atoms with Crippen LogP contribution >= 0.6 is 0 Å². The van der Waals surface area contributed by atoms with Crippen molar-refractivity contribution in [2.45, 2.75) is 341 Å². The molecule has 0 aliphatic heterocycles. The maximum atomic E-state index is 12.9. The predicted octanol–water partition coefficient (Wildman–Crippen LogP) is 23.1. The van der Waals surface area contributed by atoms with E-state index in [2.05, 4.69) is 99.8 Å². The van der Waals surface area contributed by atoms with Crippen LogP contribution in [0.25, 0.3) is 0 Å². The average molecular weight is 1090 g/mol. The zero-order chi connectivity index (χ0) is 56.4. The van der Waals surface area contributed by atoms with Gasteiger partial charge in [-0.15, -0.1) is 0 Å². The summed E-state index contributed by atoms with van der Waals surface area (Å²) in [6, 6.07) is 0. The highest BCUT2D eigenvalue weighted by atomic mass is 16.6. The summed E-state index contributed by atoms with van der Waals surface area (Å²) in [5, 5.41) is 0. The van der Waals surface area contributed by atoms with Gasteiger partial charge < -0.3 is 14.2 Å². The summed E-state index contributed by atoms with van der Waals surface area (Å²) < 4.78 is 16.8. The largest absolute Gasteiger partial charge is 0.462 e. The standard InChI is InChI=1S/C72H126O6/c1-4-7-10-13-16-19-22-25-27-28-29-30-31-32-33-34-35-36-37-38-39-40-41-42-43-45-47-50-53-56-59-62-65-71(74)77-68-69(67-76-70(73)64-61-58-55-52-49-46-24-21-18-15-12-9-6-3)78-72(75)66-63-60-57-54-51-48-44-26-23-20-17-14-11-8-5-2/h8-9,11-12,17-18,20-21,26,44,46,49,55,58,69H,4-7,10,13-16,19,22-25,27-43,45,47-48,50-54,56-57,59-68H2,1-3H3/b11-8-,12-9-,20-17-,21-18-,44-26-,49-46-,58-55-. The predicted molar refractivity (Wildman–Crippen MR) is 339 cm³/mol. The number of ether oxygens (including phenoxy) is 3. The van der Waals surface area contributed by atoms with Crippen LogP contribution in [0.3, 0.4) is 0 Å². The topological polar surface area (TPSA) is 78.9 Å². The third-order valence-electron chi connectivity index (χ3n) is 14.7. The maximum Gasteiger partial charge on any atom is 0.306 e. The lowest BCUT2D eigenvalue weighted by Gasteiger charge is -2.18. The van der Waals surface area contributed by atoms with E-state index in [1.54, 1.807) is 0 Å². The third-order valence-corrected chi connectivity index (χ3v) is 14.7. The summed E-state index contributed by atoms with van der Waals surface area (Å²) in [5.74, 6) is -0.995. The van der Waals surface area contributed by atoms with Crippen LogP contribution in [0.2, 0.25) is 0 Å². The third kappa shape index (κ3) is 63.4. The van der Waals surface area contributed by atoms with Crippen LogP contribution in [0, 0.1) is 0 Å². The van der Waals surface area contributed by atoms with Gasteiger partial charge in [0.25, 0.3) is 0 Å². The van der Waals surface area contributed by atoms with Gasteiger partial charge in [-0.05, 0) is 77.0 Å². The Morgan fingerprint density at radius 3 is 0.859 bits per heavy atom. The van der Waals surface area contributed by atoms with Crippen molar-refractivity contribution < 1.29 is 28.6 Å². The van der Waals surface area contributed by atoms with E-state index in [0.717, 1.165) is 103 Å². The fraction of sp³-hybridized carbons (Fsp3) is 0.764. The first-order chi connectivity index (χ1) is 38.5. The van der Waals surface area contributed by atoms with Gasteiger partial charge in [-0.25, -0.2) is 0 Å². The molecule has 6 nitrogen and oxygen atoms in total. The number of esters is 3. The van der Waals surface area contributed by atoms with E-state index in [0.29, 0.717) is 19.3 Å². The molecule has 450 valence electrons. The second-order valence-electron chi connectivity index (χ2n) is 22.3. The molecule has 0 fully saturated rings. The van der Waals surface area contributed by atoms with Gasteiger partial charge in [0.05, 0.1) is 0 Å². The highest BCUT2D eigenvalue weighted by Crippen LogP contribution is 2.18. The Balaban J connectivity index is 4.15. The van der Waals surface area contributed by atoms with E-state index in [9.17, 15) is 14.4 Å². The minimum absolute atomic E-state index is 0.104. The fourth-order valence-electron chi connectivity index (χ4n) is 9.71. The van der Waals surface area contributed by atoms with Gasteiger partial charge in [0.2, 0.25) is 0 Å². The summed E-state index contributed by atoms with van der Waals surface area (Å²) in [6.45, 7) is 6.37. The highest BCUT2D eigenvalue weighted by Gasteiger charge is 2.19. The molecule has 0 rings (SSSR count). The molecular weight excluding hydrogens is 961 g/mol. The van der Waals surface area contributed by atoms with Crippen molar-refractivity contribution in [2.75, 3.05) is 13.2 Å². The Morgan fingerprint density at radius 1 is 0.269 bits per heavy atom. The van der Waals surface area contributed by atoms with Crippen molar-refractivity contribution in [3.05, 3.63) is 85.1 Å².